The van der Waals surface area contributed by atoms with Gasteiger partial charge in [-0.3, -0.25) is 0 Å². The van der Waals surface area contributed by atoms with Crippen LogP contribution in [-0.4, -0.2) is 23.1 Å². The predicted octanol–water partition coefficient (Wildman–Crippen LogP) is 5.17. The highest BCUT2D eigenvalue weighted by Crippen LogP contribution is 2.29. The highest BCUT2D eigenvalue weighted by molar-refractivity contribution is 6.30. The van der Waals surface area contributed by atoms with Crippen molar-refractivity contribution in [2.75, 3.05) is 5.32 Å². The van der Waals surface area contributed by atoms with Gasteiger partial charge >= 0.3 is 12.3 Å². The molecule has 0 amide bonds. The van der Waals surface area contributed by atoms with Gasteiger partial charge in [0.1, 0.15) is 5.75 Å². The molecule has 2 aromatic rings. The number of ether oxygens (including phenoxy) is 1. The fourth-order valence-electron chi connectivity index (χ4n) is 2.39. The number of hydrogen-bond acceptors (Lipinski definition) is 4. The topological polar surface area (TPSA) is 82.4 Å². The first-order valence-corrected chi connectivity index (χ1v) is 8.31. The van der Waals surface area contributed by atoms with Crippen LogP contribution in [0.15, 0.2) is 48.6 Å². The number of aryl methyl sites for hydroxylation is 1. The number of halogens is 4. The molecule has 148 valence electrons. The van der Waals surface area contributed by atoms with E-state index in [1.807, 2.05) is 6.92 Å². The normalized spacial score (nSPS) is 11.5. The number of anilines is 1. The van der Waals surface area contributed by atoms with Gasteiger partial charge in [0.15, 0.2) is 0 Å². The number of allylic oxidation sites excluding steroid dienone is 1. The zero-order chi connectivity index (χ0) is 20.9. The van der Waals surface area contributed by atoms with E-state index in [0.29, 0.717) is 5.02 Å². The molecule has 0 aliphatic rings. The van der Waals surface area contributed by atoms with Crippen molar-refractivity contribution in [3.8, 4) is 5.75 Å². The van der Waals surface area contributed by atoms with Crippen molar-refractivity contribution < 1.29 is 27.8 Å². The van der Waals surface area contributed by atoms with E-state index in [1.165, 1.54) is 6.07 Å². The fraction of sp³-hybridized carbons (Fsp3) is 0.158. The number of carboxylic acid groups (broad SMARTS) is 1. The first-order valence-electron chi connectivity index (χ1n) is 7.94. The molecule has 0 bridgehead atoms. The van der Waals surface area contributed by atoms with Crippen LogP contribution in [0, 0.1) is 12.3 Å². The molecule has 0 spiro atoms. The SMILES string of the molecule is Cc1cc(Cl)ccc1CNc1cc(OC(F)(F)F)ccc1C(=N)/C=C/C(=O)O. The third kappa shape index (κ3) is 6.31. The number of rotatable bonds is 7. The van der Waals surface area contributed by atoms with Crippen LogP contribution in [0.1, 0.15) is 16.7 Å². The summed E-state index contributed by atoms with van der Waals surface area (Å²) >= 11 is 5.92. The first-order chi connectivity index (χ1) is 13.0. The van der Waals surface area contributed by atoms with Gasteiger partial charge in [0.25, 0.3) is 0 Å². The van der Waals surface area contributed by atoms with E-state index in [0.717, 1.165) is 35.4 Å². The molecule has 0 heterocycles. The number of hydrogen-bond donors (Lipinski definition) is 3. The van der Waals surface area contributed by atoms with E-state index in [2.05, 4.69) is 10.1 Å². The van der Waals surface area contributed by atoms with Crippen molar-refractivity contribution in [2.45, 2.75) is 19.8 Å². The summed E-state index contributed by atoms with van der Waals surface area (Å²) in [5.41, 5.74) is 1.96. The van der Waals surface area contributed by atoms with Gasteiger partial charge in [-0.15, -0.1) is 13.2 Å². The lowest BCUT2D eigenvalue weighted by molar-refractivity contribution is -0.274. The second-order valence-electron chi connectivity index (χ2n) is 5.76. The lowest BCUT2D eigenvalue weighted by Gasteiger charge is -2.16. The van der Waals surface area contributed by atoms with Crippen LogP contribution in [0.3, 0.4) is 0 Å². The summed E-state index contributed by atoms with van der Waals surface area (Å²) in [5.74, 6) is -1.70. The van der Waals surface area contributed by atoms with Crippen LogP contribution >= 0.6 is 11.6 Å². The molecule has 0 aliphatic carbocycles. The number of carbonyl (C=O) groups is 1. The molecule has 9 heteroatoms. The van der Waals surface area contributed by atoms with E-state index < -0.39 is 18.1 Å². The van der Waals surface area contributed by atoms with Gasteiger partial charge in [0, 0.05) is 35.0 Å². The van der Waals surface area contributed by atoms with E-state index in [1.54, 1.807) is 18.2 Å². The molecule has 0 aromatic heterocycles. The number of benzene rings is 2. The molecule has 2 aromatic carbocycles. The second-order valence-corrected chi connectivity index (χ2v) is 6.20. The third-order valence-electron chi connectivity index (χ3n) is 3.68. The summed E-state index contributed by atoms with van der Waals surface area (Å²) in [5, 5.41) is 20.2. The first kappa shape index (κ1) is 21.3. The van der Waals surface area contributed by atoms with E-state index in [-0.39, 0.29) is 23.5 Å². The minimum Gasteiger partial charge on any atom is -0.478 e. The quantitative estimate of drug-likeness (QED) is 0.433. The zero-order valence-corrected chi connectivity index (χ0v) is 15.4. The highest BCUT2D eigenvalue weighted by atomic mass is 35.5. The van der Waals surface area contributed by atoms with Crippen molar-refractivity contribution in [3.63, 3.8) is 0 Å². The third-order valence-corrected chi connectivity index (χ3v) is 3.92. The summed E-state index contributed by atoms with van der Waals surface area (Å²) in [6.45, 7) is 2.09. The van der Waals surface area contributed by atoms with Crippen molar-refractivity contribution in [1.82, 2.24) is 0 Å². The smallest absolute Gasteiger partial charge is 0.478 e. The van der Waals surface area contributed by atoms with Gasteiger partial charge in [0.05, 0.1) is 5.71 Å². The maximum absolute atomic E-state index is 12.5. The van der Waals surface area contributed by atoms with Crippen molar-refractivity contribution in [2.24, 2.45) is 0 Å². The lowest BCUT2D eigenvalue weighted by atomic mass is 10.1. The molecule has 0 fully saturated rings. The zero-order valence-electron chi connectivity index (χ0n) is 14.6. The molecule has 28 heavy (non-hydrogen) atoms. The minimum absolute atomic E-state index is 0.184. The average Bonchev–Trinajstić information content (AvgIpc) is 2.57. The summed E-state index contributed by atoms with van der Waals surface area (Å²) in [4.78, 5) is 10.7. The predicted molar refractivity (Wildman–Crippen MR) is 100 cm³/mol. The molecule has 0 unspecified atom stereocenters. The summed E-state index contributed by atoms with van der Waals surface area (Å²) in [7, 11) is 0. The largest absolute Gasteiger partial charge is 0.573 e. The Morgan fingerprint density at radius 3 is 2.57 bits per heavy atom. The molecule has 0 saturated carbocycles. The van der Waals surface area contributed by atoms with E-state index in [4.69, 9.17) is 22.1 Å². The Morgan fingerprint density at radius 1 is 1.25 bits per heavy atom. The van der Waals surface area contributed by atoms with Crippen LogP contribution in [0.25, 0.3) is 0 Å². The fourth-order valence-corrected chi connectivity index (χ4v) is 2.62. The average molecular weight is 413 g/mol. The molecule has 2 rings (SSSR count). The molecule has 0 aliphatic heterocycles. The van der Waals surface area contributed by atoms with Crippen molar-refractivity contribution in [3.05, 3.63) is 70.3 Å². The van der Waals surface area contributed by atoms with Crippen LogP contribution in [0.2, 0.25) is 5.02 Å². The van der Waals surface area contributed by atoms with E-state index in [9.17, 15) is 18.0 Å². The Hall–Kier alpha value is -3.00. The summed E-state index contributed by atoms with van der Waals surface area (Å²) in [6.07, 6.45) is -3.04. The van der Waals surface area contributed by atoms with Crippen LogP contribution in [0.4, 0.5) is 18.9 Å². The Morgan fingerprint density at radius 2 is 1.96 bits per heavy atom. The Balaban J connectivity index is 2.34. The molecular formula is C19H16ClF3N2O3. The van der Waals surface area contributed by atoms with Crippen LogP contribution in [-0.2, 0) is 11.3 Å². The lowest BCUT2D eigenvalue weighted by Crippen LogP contribution is -2.17. The van der Waals surface area contributed by atoms with Gasteiger partial charge in [-0.25, -0.2) is 4.79 Å². The van der Waals surface area contributed by atoms with Gasteiger partial charge < -0.3 is 20.6 Å². The van der Waals surface area contributed by atoms with Crippen LogP contribution in [0.5, 0.6) is 5.75 Å². The summed E-state index contributed by atoms with van der Waals surface area (Å²) < 4.78 is 41.5. The molecule has 0 saturated heterocycles. The standard InChI is InChI=1S/C19H16ClF3N2O3/c1-11-8-13(20)3-2-12(11)10-25-17-9-14(28-19(21,22)23)4-5-15(17)16(24)6-7-18(26)27/h2-9,24-25H,10H2,1H3,(H,26,27)/b7-6+,24-16?. The van der Waals surface area contributed by atoms with E-state index >= 15 is 0 Å². The number of nitrogens with one attached hydrogen (secondary N) is 2. The highest BCUT2D eigenvalue weighted by Gasteiger charge is 2.31. The maximum atomic E-state index is 12.5. The van der Waals surface area contributed by atoms with Gasteiger partial charge in [-0.1, -0.05) is 17.7 Å². The number of aliphatic carboxylic acids is 1. The van der Waals surface area contributed by atoms with Crippen molar-refractivity contribution >= 4 is 29.0 Å². The molecule has 3 N–H and O–H groups in total. The van der Waals surface area contributed by atoms with Gasteiger partial charge in [-0.2, -0.15) is 0 Å². The Kier molecular flexibility index (Phi) is 6.69. The maximum Gasteiger partial charge on any atom is 0.573 e. The summed E-state index contributed by atoms with van der Waals surface area (Å²) in [6, 6.07) is 8.64. The molecular weight excluding hydrogens is 397 g/mol. The number of alkyl halides is 3. The minimum atomic E-state index is -4.86. The Bertz CT molecular complexity index is 927. The van der Waals surface area contributed by atoms with Crippen molar-refractivity contribution in [1.29, 1.82) is 5.41 Å². The second kappa shape index (κ2) is 8.79. The molecule has 0 atom stereocenters. The van der Waals surface area contributed by atoms with Gasteiger partial charge in [0.2, 0.25) is 0 Å². The Labute approximate surface area is 163 Å². The monoisotopic (exact) mass is 412 g/mol. The van der Waals surface area contributed by atoms with Gasteiger partial charge in [-0.05, 0) is 48.4 Å². The molecule has 5 nitrogen and oxygen atoms in total. The molecule has 0 radical (unpaired) electrons. The number of carboxylic acids is 1. The van der Waals surface area contributed by atoms with Crippen LogP contribution < -0.4 is 10.1 Å².